The number of carbonyl (C=O) groups excluding carboxylic acids is 3. The van der Waals surface area contributed by atoms with Crippen molar-refractivity contribution in [2.45, 2.75) is 45.3 Å². The summed E-state index contributed by atoms with van der Waals surface area (Å²) in [5.41, 5.74) is 10.2. The Kier molecular flexibility index (Phi) is 5.40. The number of fused-ring (bicyclic) bond motifs is 4. The van der Waals surface area contributed by atoms with Crippen molar-refractivity contribution in [1.29, 1.82) is 0 Å². The van der Waals surface area contributed by atoms with E-state index < -0.39 is 11.9 Å². The van der Waals surface area contributed by atoms with Crippen LogP contribution in [0.15, 0.2) is 48.5 Å². The summed E-state index contributed by atoms with van der Waals surface area (Å²) in [4.78, 5) is 41.2. The zero-order chi connectivity index (χ0) is 23.1. The molecule has 170 valence electrons. The Bertz CT molecular complexity index is 1240. The van der Waals surface area contributed by atoms with Gasteiger partial charge in [-0.1, -0.05) is 43.7 Å². The number of hydrogen-bond donors (Lipinski definition) is 1. The van der Waals surface area contributed by atoms with E-state index >= 15 is 0 Å². The molecule has 1 aromatic heterocycles. The predicted molar refractivity (Wildman–Crippen MR) is 126 cm³/mol. The number of nitrogens with two attached hydrogens (primary N) is 1. The molecule has 0 aliphatic carbocycles. The summed E-state index contributed by atoms with van der Waals surface area (Å²) in [7, 11) is 0. The largest absolute Gasteiger partial charge is 0.366 e. The fourth-order valence-corrected chi connectivity index (χ4v) is 5.11. The van der Waals surface area contributed by atoms with Crippen molar-refractivity contribution in [1.82, 2.24) is 14.4 Å². The van der Waals surface area contributed by atoms with Crippen LogP contribution in [0, 0.1) is 0 Å². The first kappa shape index (κ1) is 21.2. The third kappa shape index (κ3) is 3.67. The molecule has 7 nitrogen and oxygen atoms in total. The Morgan fingerprint density at radius 1 is 1.06 bits per heavy atom. The fourth-order valence-electron chi connectivity index (χ4n) is 5.11. The molecule has 3 heterocycles. The van der Waals surface area contributed by atoms with Crippen molar-refractivity contribution >= 4 is 28.6 Å². The average Bonchev–Trinajstić information content (AvgIpc) is 3.13. The molecule has 2 aromatic carbocycles. The highest BCUT2D eigenvalue weighted by Crippen LogP contribution is 2.35. The van der Waals surface area contributed by atoms with Gasteiger partial charge in [0.25, 0.3) is 0 Å². The van der Waals surface area contributed by atoms with E-state index in [9.17, 15) is 14.4 Å². The van der Waals surface area contributed by atoms with Crippen molar-refractivity contribution < 1.29 is 14.4 Å². The summed E-state index contributed by atoms with van der Waals surface area (Å²) in [5, 5.41) is 1.13. The van der Waals surface area contributed by atoms with Crippen LogP contribution in [-0.4, -0.2) is 51.2 Å². The van der Waals surface area contributed by atoms with Gasteiger partial charge in [0.15, 0.2) is 0 Å². The summed E-state index contributed by atoms with van der Waals surface area (Å²) in [5.74, 6) is -0.366. The van der Waals surface area contributed by atoms with Crippen LogP contribution in [0.4, 0.5) is 0 Å². The Morgan fingerprint density at radius 2 is 1.82 bits per heavy atom. The Balaban J connectivity index is 1.52. The van der Waals surface area contributed by atoms with Gasteiger partial charge in [0.1, 0.15) is 6.04 Å². The molecular formula is C26H28N4O3. The summed E-state index contributed by atoms with van der Waals surface area (Å²) in [6, 6.07) is 15.1. The van der Waals surface area contributed by atoms with Crippen LogP contribution in [-0.2, 0) is 29.1 Å². The molecule has 0 spiro atoms. The van der Waals surface area contributed by atoms with Gasteiger partial charge in [-0.2, -0.15) is 0 Å². The molecule has 3 aromatic rings. The number of rotatable bonds is 6. The van der Waals surface area contributed by atoms with E-state index in [0.717, 1.165) is 40.6 Å². The van der Waals surface area contributed by atoms with Crippen molar-refractivity contribution in [2.75, 3.05) is 13.1 Å². The maximum atomic E-state index is 13.2. The summed E-state index contributed by atoms with van der Waals surface area (Å²) < 4.78 is 2.24. The Hall–Kier alpha value is -3.61. The minimum atomic E-state index is -0.447. The quantitative estimate of drug-likeness (QED) is 0.634. The molecule has 2 aliphatic rings. The maximum absolute atomic E-state index is 13.2. The van der Waals surface area contributed by atoms with E-state index in [0.29, 0.717) is 31.6 Å². The standard InChI is InChI=1S/C26H28N4O3/c1-2-3-12-28-16-24(31)30-15-23-20(13-22(30)26(28)33)19-6-4-5-7-21(19)29(23)14-17-8-10-18(11-9-17)25(27)32/h4-11,22H,2-3,12-16H2,1H3,(H2,27,32). The van der Waals surface area contributed by atoms with Crippen LogP contribution in [0.3, 0.4) is 0 Å². The van der Waals surface area contributed by atoms with Gasteiger partial charge >= 0.3 is 0 Å². The van der Waals surface area contributed by atoms with Gasteiger partial charge in [0, 0.05) is 41.7 Å². The van der Waals surface area contributed by atoms with Gasteiger partial charge in [0.05, 0.1) is 13.1 Å². The van der Waals surface area contributed by atoms with Gasteiger partial charge < -0.3 is 20.1 Å². The molecule has 0 saturated carbocycles. The minimum absolute atomic E-state index is 0.0176. The van der Waals surface area contributed by atoms with E-state index in [2.05, 4.69) is 23.6 Å². The molecular weight excluding hydrogens is 416 g/mol. The smallest absolute Gasteiger partial charge is 0.248 e. The highest BCUT2D eigenvalue weighted by molar-refractivity contribution is 5.97. The molecule has 33 heavy (non-hydrogen) atoms. The lowest BCUT2D eigenvalue weighted by molar-refractivity contribution is -0.157. The number of unbranched alkanes of at least 4 members (excludes halogenated alkanes) is 1. The highest BCUT2D eigenvalue weighted by Gasteiger charge is 2.43. The first-order valence-electron chi connectivity index (χ1n) is 11.5. The zero-order valence-electron chi connectivity index (χ0n) is 18.8. The summed E-state index contributed by atoms with van der Waals surface area (Å²) in [6.45, 7) is 3.94. The maximum Gasteiger partial charge on any atom is 0.248 e. The van der Waals surface area contributed by atoms with E-state index in [1.165, 1.54) is 0 Å². The molecule has 2 N–H and O–H groups in total. The van der Waals surface area contributed by atoms with Crippen LogP contribution in [0.2, 0.25) is 0 Å². The molecule has 7 heteroatoms. The Morgan fingerprint density at radius 3 is 2.55 bits per heavy atom. The molecule has 0 bridgehead atoms. The monoisotopic (exact) mass is 444 g/mol. The van der Waals surface area contributed by atoms with E-state index in [4.69, 9.17) is 5.73 Å². The zero-order valence-corrected chi connectivity index (χ0v) is 18.8. The van der Waals surface area contributed by atoms with Crippen LogP contribution in [0.1, 0.15) is 46.9 Å². The first-order chi connectivity index (χ1) is 16.0. The molecule has 1 fully saturated rings. The average molecular weight is 445 g/mol. The molecule has 5 rings (SSSR count). The van der Waals surface area contributed by atoms with Gasteiger partial charge in [-0.15, -0.1) is 0 Å². The lowest BCUT2D eigenvalue weighted by Gasteiger charge is -2.43. The van der Waals surface area contributed by atoms with E-state index in [1.807, 2.05) is 24.3 Å². The molecule has 3 amide bonds. The molecule has 1 unspecified atom stereocenters. The molecule has 2 aliphatic heterocycles. The van der Waals surface area contributed by atoms with Crippen molar-refractivity contribution in [3.63, 3.8) is 0 Å². The van der Waals surface area contributed by atoms with Crippen molar-refractivity contribution in [3.05, 3.63) is 70.9 Å². The second-order valence-corrected chi connectivity index (χ2v) is 8.94. The number of hydrogen-bond acceptors (Lipinski definition) is 3. The number of primary amides is 1. The van der Waals surface area contributed by atoms with E-state index in [-0.39, 0.29) is 18.4 Å². The SMILES string of the molecule is CCCCN1CC(=O)N2Cc3c(c4ccccc4n3Cc3ccc(C(N)=O)cc3)CC2C1=O. The number of aromatic nitrogens is 1. The first-order valence-corrected chi connectivity index (χ1v) is 11.5. The number of amides is 3. The number of carbonyl (C=O) groups is 3. The Labute approximate surface area is 192 Å². The topological polar surface area (TPSA) is 88.6 Å². The summed E-state index contributed by atoms with van der Waals surface area (Å²) >= 11 is 0. The van der Waals surface area contributed by atoms with Crippen LogP contribution in [0.5, 0.6) is 0 Å². The van der Waals surface area contributed by atoms with Crippen LogP contribution >= 0.6 is 0 Å². The fraction of sp³-hybridized carbons (Fsp3) is 0.346. The molecule has 0 radical (unpaired) electrons. The molecule has 1 saturated heterocycles. The number of piperazine rings is 1. The van der Waals surface area contributed by atoms with Gasteiger partial charge in [-0.05, 0) is 35.7 Å². The second kappa shape index (κ2) is 8.39. The lowest BCUT2D eigenvalue weighted by atomic mass is 9.93. The van der Waals surface area contributed by atoms with Gasteiger partial charge in [-0.25, -0.2) is 0 Å². The third-order valence-corrected chi connectivity index (χ3v) is 6.89. The van der Waals surface area contributed by atoms with Crippen molar-refractivity contribution in [3.8, 4) is 0 Å². The number of para-hydroxylation sites is 1. The normalized spacial score (nSPS) is 17.9. The van der Waals surface area contributed by atoms with Crippen molar-refractivity contribution in [2.24, 2.45) is 5.73 Å². The van der Waals surface area contributed by atoms with Crippen LogP contribution < -0.4 is 5.73 Å². The third-order valence-electron chi connectivity index (χ3n) is 6.89. The van der Waals surface area contributed by atoms with Gasteiger partial charge in [-0.3, -0.25) is 14.4 Å². The van der Waals surface area contributed by atoms with Gasteiger partial charge in [0.2, 0.25) is 17.7 Å². The summed E-state index contributed by atoms with van der Waals surface area (Å²) in [6.07, 6.45) is 2.44. The van der Waals surface area contributed by atoms with Crippen LogP contribution in [0.25, 0.3) is 10.9 Å². The lowest BCUT2D eigenvalue weighted by Crippen LogP contribution is -2.61. The second-order valence-electron chi connectivity index (χ2n) is 8.94. The number of nitrogens with zero attached hydrogens (tertiary/aromatic N) is 3. The minimum Gasteiger partial charge on any atom is -0.366 e. The van der Waals surface area contributed by atoms with E-state index in [1.54, 1.807) is 21.9 Å². The number of benzene rings is 2. The highest BCUT2D eigenvalue weighted by atomic mass is 16.2. The predicted octanol–water partition coefficient (Wildman–Crippen LogP) is 2.68. The molecule has 1 atom stereocenters.